The van der Waals surface area contributed by atoms with Gasteiger partial charge in [-0.2, -0.15) is 0 Å². The van der Waals surface area contributed by atoms with Crippen molar-refractivity contribution in [3.63, 3.8) is 0 Å². The molecule has 0 bridgehead atoms. The van der Waals surface area contributed by atoms with E-state index in [1.165, 1.54) is 77.0 Å². The third kappa shape index (κ3) is 10.6. The van der Waals surface area contributed by atoms with Gasteiger partial charge in [-0.05, 0) is 25.5 Å². The van der Waals surface area contributed by atoms with Crippen LogP contribution in [0.4, 0.5) is 0 Å². The van der Waals surface area contributed by atoms with Gasteiger partial charge in [0.25, 0.3) is 0 Å². The largest absolute Gasteiger partial charge is 0.294 e. The summed E-state index contributed by atoms with van der Waals surface area (Å²) in [6.07, 6.45) is 19.8. The molecule has 2 nitrogen and oxygen atoms in total. The molecule has 0 atom stereocenters. The zero-order chi connectivity index (χ0) is 17.5. The molecule has 0 saturated carbocycles. The lowest BCUT2D eigenvalue weighted by molar-refractivity contribution is 0.0979. The molecule has 0 aliphatic rings. The van der Waals surface area contributed by atoms with Gasteiger partial charge in [0.05, 0.1) is 0 Å². The van der Waals surface area contributed by atoms with Crippen LogP contribution in [0.1, 0.15) is 113 Å². The summed E-state index contributed by atoms with van der Waals surface area (Å²) in [6.45, 7) is 4.21. The topological polar surface area (TPSA) is 30.0 Å². The number of carbonyl (C=O) groups is 1. The molecule has 0 aromatic carbocycles. The molecule has 1 heterocycles. The standard InChI is InChI=1S/C22H37NO/c1-3-4-5-6-7-8-9-10-11-12-13-14-15-16-22(24)21-17-18-23-20(2)19-21/h17-19H,3-16H2,1-2H3. The Bertz CT molecular complexity index is 441. The highest BCUT2D eigenvalue weighted by Gasteiger charge is 2.05. The number of carbonyl (C=O) groups excluding carboxylic acids is 1. The summed E-state index contributed by atoms with van der Waals surface area (Å²) in [7, 11) is 0. The van der Waals surface area contributed by atoms with Crippen molar-refractivity contribution in [2.75, 3.05) is 0 Å². The molecule has 136 valence electrons. The second-order valence-corrected chi connectivity index (χ2v) is 7.10. The van der Waals surface area contributed by atoms with Gasteiger partial charge in [-0.3, -0.25) is 9.78 Å². The zero-order valence-electron chi connectivity index (χ0n) is 16.0. The highest BCUT2D eigenvalue weighted by molar-refractivity contribution is 5.95. The van der Waals surface area contributed by atoms with Crippen LogP contribution in [-0.4, -0.2) is 10.8 Å². The van der Waals surface area contributed by atoms with Gasteiger partial charge in [0.1, 0.15) is 0 Å². The van der Waals surface area contributed by atoms with E-state index in [9.17, 15) is 4.79 Å². The molecule has 0 aliphatic heterocycles. The van der Waals surface area contributed by atoms with Crippen LogP contribution >= 0.6 is 0 Å². The predicted octanol–water partition coefficient (Wildman–Crippen LogP) is 7.05. The van der Waals surface area contributed by atoms with Gasteiger partial charge in [-0.15, -0.1) is 0 Å². The molecule has 0 radical (unpaired) electrons. The number of Topliss-reactive ketones (excluding diaryl/α,β-unsaturated/α-hetero) is 1. The molecule has 24 heavy (non-hydrogen) atoms. The SMILES string of the molecule is CCCCCCCCCCCCCCCC(=O)c1ccnc(C)c1. The van der Waals surface area contributed by atoms with Crippen molar-refractivity contribution in [3.8, 4) is 0 Å². The van der Waals surface area contributed by atoms with E-state index >= 15 is 0 Å². The summed E-state index contributed by atoms with van der Waals surface area (Å²) >= 11 is 0. The second kappa shape index (κ2) is 14.2. The Hall–Kier alpha value is -1.18. The third-order valence-electron chi connectivity index (χ3n) is 4.73. The zero-order valence-corrected chi connectivity index (χ0v) is 16.0. The van der Waals surface area contributed by atoms with Crippen molar-refractivity contribution >= 4 is 5.78 Å². The normalized spacial score (nSPS) is 10.9. The molecule has 0 unspecified atom stereocenters. The average molecular weight is 332 g/mol. The highest BCUT2D eigenvalue weighted by Crippen LogP contribution is 2.14. The van der Waals surface area contributed by atoms with Crippen LogP contribution in [0.25, 0.3) is 0 Å². The van der Waals surface area contributed by atoms with E-state index in [2.05, 4.69) is 11.9 Å². The monoisotopic (exact) mass is 331 g/mol. The fraction of sp³-hybridized carbons (Fsp3) is 0.727. The van der Waals surface area contributed by atoms with Gasteiger partial charge in [0, 0.05) is 23.9 Å². The van der Waals surface area contributed by atoms with Crippen molar-refractivity contribution < 1.29 is 4.79 Å². The van der Waals surface area contributed by atoms with E-state index in [4.69, 9.17) is 0 Å². The predicted molar refractivity (Wildman–Crippen MR) is 104 cm³/mol. The minimum atomic E-state index is 0.267. The maximum Gasteiger partial charge on any atom is 0.162 e. The van der Waals surface area contributed by atoms with E-state index in [0.29, 0.717) is 6.42 Å². The molecule has 0 spiro atoms. The first-order chi connectivity index (χ1) is 11.7. The van der Waals surface area contributed by atoms with E-state index in [1.54, 1.807) is 6.20 Å². The molecule has 0 aliphatic carbocycles. The average Bonchev–Trinajstić information content (AvgIpc) is 2.59. The lowest BCUT2D eigenvalue weighted by atomic mass is 10.0. The summed E-state index contributed by atoms with van der Waals surface area (Å²) < 4.78 is 0. The maximum atomic E-state index is 12.1. The van der Waals surface area contributed by atoms with E-state index in [0.717, 1.165) is 17.7 Å². The van der Waals surface area contributed by atoms with E-state index in [1.807, 2.05) is 19.1 Å². The van der Waals surface area contributed by atoms with Crippen LogP contribution in [0.5, 0.6) is 0 Å². The highest BCUT2D eigenvalue weighted by atomic mass is 16.1. The number of ketones is 1. The molecule has 0 saturated heterocycles. The fourth-order valence-corrected chi connectivity index (χ4v) is 3.17. The molecule has 0 fully saturated rings. The summed E-state index contributed by atoms with van der Waals surface area (Å²) in [5.74, 6) is 0.267. The van der Waals surface area contributed by atoms with Crippen molar-refractivity contribution in [1.82, 2.24) is 4.98 Å². The summed E-state index contributed by atoms with van der Waals surface area (Å²) in [5, 5.41) is 0. The Balaban J connectivity index is 1.88. The number of nitrogens with zero attached hydrogens (tertiary/aromatic N) is 1. The minimum absolute atomic E-state index is 0.267. The molecule has 1 rings (SSSR count). The summed E-state index contributed by atoms with van der Waals surface area (Å²) in [5.41, 5.74) is 1.74. The molecular weight excluding hydrogens is 294 g/mol. The van der Waals surface area contributed by atoms with Gasteiger partial charge in [-0.1, -0.05) is 84.0 Å². The maximum absolute atomic E-state index is 12.1. The van der Waals surface area contributed by atoms with Gasteiger partial charge in [0.2, 0.25) is 0 Å². The Labute approximate surface area is 149 Å². The van der Waals surface area contributed by atoms with Crippen molar-refractivity contribution in [3.05, 3.63) is 29.6 Å². The van der Waals surface area contributed by atoms with Crippen molar-refractivity contribution in [2.24, 2.45) is 0 Å². The lowest BCUT2D eigenvalue weighted by Gasteiger charge is -2.04. The van der Waals surface area contributed by atoms with Crippen molar-refractivity contribution in [2.45, 2.75) is 104 Å². The number of hydrogen-bond acceptors (Lipinski definition) is 2. The van der Waals surface area contributed by atoms with Crippen LogP contribution in [0.2, 0.25) is 0 Å². The van der Waals surface area contributed by atoms with Gasteiger partial charge in [0.15, 0.2) is 5.78 Å². The fourth-order valence-electron chi connectivity index (χ4n) is 3.17. The number of rotatable bonds is 15. The second-order valence-electron chi connectivity index (χ2n) is 7.10. The molecule has 0 amide bonds. The first-order valence-electron chi connectivity index (χ1n) is 10.2. The van der Waals surface area contributed by atoms with Crippen LogP contribution < -0.4 is 0 Å². The Kier molecular flexibility index (Phi) is 12.3. The lowest BCUT2D eigenvalue weighted by Crippen LogP contribution is -2.00. The quantitative estimate of drug-likeness (QED) is 0.254. The molecule has 0 N–H and O–H groups in total. The molecule has 1 aromatic rings. The van der Waals surface area contributed by atoms with Crippen LogP contribution in [0.15, 0.2) is 18.3 Å². The van der Waals surface area contributed by atoms with Crippen molar-refractivity contribution in [1.29, 1.82) is 0 Å². The minimum Gasteiger partial charge on any atom is -0.294 e. The number of aromatic nitrogens is 1. The molecular formula is C22H37NO. The van der Waals surface area contributed by atoms with Gasteiger partial charge >= 0.3 is 0 Å². The first-order valence-corrected chi connectivity index (χ1v) is 10.2. The number of aryl methyl sites for hydroxylation is 1. The Morgan fingerprint density at radius 2 is 1.33 bits per heavy atom. The molecule has 2 heteroatoms. The molecule has 1 aromatic heterocycles. The summed E-state index contributed by atoms with van der Waals surface area (Å²) in [6, 6.07) is 3.72. The van der Waals surface area contributed by atoms with E-state index < -0.39 is 0 Å². The van der Waals surface area contributed by atoms with Crippen LogP contribution in [-0.2, 0) is 0 Å². The Morgan fingerprint density at radius 3 is 1.83 bits per heavy atom. The third-order valence-corrected chi connectivity index (χ3v) is 4.73. The first kappa shape index (κ1) is 20.9. The summed E-state index contributed by atoms with van der Waals surface area (Å²) in [4.78, 5) is 16.2. The number of hydrogen-bond donors (Lipinski definition) is 0. The smallest absolute Gasteiger partial charge is 0.162 e. The number of pyridine rings is 1. The Morgan fingerprint density at radius 1 is 0.833 bits per heavy atom. The number of unbranched alkanes of at least 4 members (excludes halogenated alkanes) is 12. The van der Waals surface area contributed by atoms with Gasteiger partial charge < -0.3 is 0 Å². The van der Waals surface area contributed by atoms with Crippen LogP contribution in [0.3, 0.4) is 0 Å². The van der Waals surface area contributed by atoms with Crippen LogP contribution in [0, 0.1) is 6.92 Å². The van der Waals surface area contributed by atoms with E-state index in [-0.39, 0.29) is 5.78 Å². The van der Waals surface area contributed by atoms with Gasteiger partial charge in [-0.25, -0.2) is 0 Å².